The van der Waals surface area contributed by atoms with Gasteiger partial charge in [-0.1, -0.05) is 12.1 Å². The quantitative estimate of drug-likeness (QED) is 0.720. The van der Waals surface area contributed by atoms with Crippen LogP contribution < -0.4 is 0 Å². The molecular weight excluding hydrogens is 316 g/mol. The standard InChI is InChI=1S/C19H20N4O2/c1-12-10-22(11-18-21-20-14(3)23(12)18)19(24)16-6-4-5-15(9-16)17-8-7-13(2)25-17/h4-9,12H,10-11H2,1-3H3. The van der Waals surface area contributed by atoms with Crippen LogP contribution >= 0.6 is 0 Å². The van der Waals surface area contributed by atoms with Crippen LogP contribution in [-0.4, -0.2) is 32.1 Å². The van der Waals surface area contributed by atoms with Gasteiger partial charge in [0, 0.05) is 17.7 Å². The molecule has 0 saturated carbocycles. The predicted molar refractivity (Wildman–Crippen MR) is 93.1 cm³/mol. The lowest BCUT2D eigenvalue weighted by Crippen LogP contribution is -2.40. The average molecular weight is 336 g/mol. The molecule has 0 aliphatic carbocycles. The number of carbonyl (C=O) groups is 1. The van der Waals surface area contributed by atoms with Crippen LogP contribution in [0.15, 0.2) is 40.8 Å². The van der Waals surface area contributed by atoms with Gasteiger partial charge in [-0.3, -0.25) is 4.79 Å². The second-order valence-electron chi connectivity index (χ2n) is 6.56. The van der Waals surface area contributed by atoms with E-state index >= 15 is 0 Å². The maximum atomic E-state index is 13.0. The number of carbonyl (C=O) groups excluding carboxylic acids is 1. The Morgan fingerprint density at radius 1 is 1.20 bits per heavy atom. The number of hydrogen-bond donors (Lipinski definition) is 0. The Hall–Kier alpha value is -2.89. The SMILES string of the molecule is Cc1ccc(-c2cccc(C(=O)N3Cc4nnc(C)n4C(C)C3)c2)o1. The molecule has 0 bridgehead atoms. The monoisotopic (exact) mass is 336 g/mol. The maximum absolute atomic E-state index is 13.0. The molecule has 1 aliphatic heterocycles. The Bertz CT molecular complexity index is 941. The van der Waals surface area contributed by atoms with Gasteiger partial charge in [0.15, 0.2) is 5.82 Å². The molecular formula is C19H20N4O2. The van der Waals surface area contributed by atoms with Gasteiger partial charge < -0.3 is 13.9 Å². The predicted octanol–water partition coefficient (Wildman–Crippen LogP) is 3.37. The molecule has 1 unspecified atom stereocenters. The molecule has 128 valence electrons. The first-order valence-corrected chi connectivity index (χ1v) is 8.39. The largest absolute Gasteiger partial charge is 0.461 e. The fourth-order valence-electron chi connectivity index (χ4n) is 3.46. The summed E-state index contributed by atoms with van der Waals surface area (Å²) in [6, 6.07) is 11.6. The molecule has 0 fully saturated rings. The molecule has 0 saturated heterocycles. The third kappa shape index (κ3) is 2.73. The zero-order valence-corrected chi connectivity index (χ0v) is 14.6. The van der Waals surface area contributed by atoms with Crippen molar-refractivity contribution < 1.29 is 9.21 Å². The molecule has 6 heteroatoms. The number of furan rings is 1. The number of hydrogen-bond acceptors (Lipinski definition) is 4. The van der Waals surface area contributed by atoms with E-state index in [9.17, 15) is 4.79 Å². The number of nitrogens with zero attached hydrogens (tertiary/aromatic N) is 4. The molecule has 3 aromatic rings. The van der Waals surface area contributed by atoms with Crippen LogP contribution in [0, 0.1) is 13.8 Å². The summed E-state index contributed by atoms with van der Waals surface area (Å²) >= 11 is 0. The van der Waals surface area contributed by atoms with E-state index in [1.54, 1.807) is 0 Å². The summed E-state index contributed by atoms with van der Waals surface area (Å²) in [6.07, 6.45) is 0. The fraction of sp³-hybridized carbons (Fsp3) is 0.316. The Balaban J connectivity index is 1.61. The van der Waals surface area contributed by atoms with E-state index in [0.717, 1.165) is 28.7 Å². The van der Waals surface area contributed by atoms with Crippen molar-refractivity contribution in [1.29, 1.82) is 0 Å². The highest BCUT2D eigenvalue weighted by Crippen LogP contribution is 2.26. The lowest BCUT2D eigenvalue weighted by Gasteiger charge is -2.32. The Kier molecular flexibility index (Phi) is 3.67. The molecule has 0 spiro atoms. The van der Waals surface area contributed by atoms with E-state index in [2.05, 4.69) is 21.7 Å². The maximum Gasteiger partial charge on any atom is 0.254 e. The van der Waals surface area contributed by atoms with Gasteiger partial charge in [-0.25, -0.2) is 0 Å². The van der Waals surface area contributed by atoms with E-state index in [0.29, 0.717) is 18.7 Å². The van der Waals surface area contributed by atoms with E-state index in [1.165, 1.54) is 0 Å². The van der Waals surface area contributed by atoms with Crippen molar-refractivity contribution >= 4 is 5.91 Å². The number of rotatable bonds is 2. The summed E-state index contributed by atoms with van der Waals surface area (Å²) in [5.74, 6) is 3.36. The summed E-state index contributed by atoms with van der Waals surface area (Å²) in [4.78, 5) is 14.8. The normalized spacial score (nSPS) is 16.8. The summed E-state index contributed by atoms with van der Waals surface area (Å²) in [7, 11) is 0. The van der Waals surface area contributed by atoms with Crippen LogP contribution in [0.5, 0.6) is 0 Å². The van der Waals surface area contributed by atoms with Crippen LogP contribution in [-0.2, 0) is 6.54 Å². The zero-order valence-electron chi connectivity index (χ0n) is 14.6. The van der Waals surface area contributed by atoms with E-state index in [1.807, 2.05) is 55.1 Å². The highest BCUT2D eigenvalue weighted by molar-refractivity contribution is 5.95. The molecule has 1 amide bonds. The van der Waals surface area contributed by atoms with Crippen molar-refractivity contribution in [2.75, 3.05) is 6.54 Å². The minimum Gasteiger partial charge on any atom is -0.461 e. The van der Waals surface area contributed by atoms with Crippen molar-refractivity contribution in [2.24, 2.45) is 0 Å². The van der Waals surface area contributed by atoms with Crippen molar-refractivity contribution in [3.63, 3.8) is 0 Å². The first kappa shape index (κ1) is 15.6. The lowest BCUT2D eigenvalue weighted by atomic mass is 10.1. The van der Waals surface area contributed by atoms with Crippen molar-refractivity contribution in [1.82, 2.24) is 19.7 Å². The number of aromatic nitrogens is 3. The van der Waals surface area contributed by atoms with Crippen LogP contribution in [0.25, 0.3) is 11.3 Å². The van der Waals surface area contributed by atoms with Crippen molar-refractivity contribution in [3.8, 4) is 11.3 Å². The van der Waals surface area contributed by atoms with Crippen molar-refractivity contribution in [2.45, 2.75) is 33.4 Å². The summed E-state index contributed by atoms with van der Waals surface area (Å²) in [5, 5.41) is 8.34. The second-order valence-corrected chi connectivity index (χ2v) is 6.56. The first-order chi connectivity index (χ1) is 12.0. The van der Waals surface area contributed by atoms with Gasteiger partial charge in [-0.05, 0) is 45.0 Å². The van der Waals surface area contributed by atoms with Crippen molar-refractivity contribution in [3.05, 3.63) is 59.4 Å². The highest BCUT2D eigenvalue weighted by Gasteiger charge is 2.28. The van der Waals surface area contributed by atoms with Crippen LogP contribution in [0.1, 0.15) is 40.7 Å². The summed E-state index contributed by atoms with van der Waals surface area (Å²) in [5.41, 5.74) is 1.56. The van der Waals surface area contributed by atoms with Gasteiger partial charge in [-0.15, -0.1) is 10.2 Å². The van der Waals surface area contributed by atoms with Gasteiger partial charge in [0.2, 0.25) is 0 Å². The Labute approximate surface area is 146 Å². The smallest absolute Gasteiger partial charge is 0.254 e. The summed E-state index contributed by atoms with van der Waals surface area (Å²) < 4.78 is 7.77. The van der Waals surface area contributed by atoms with Gasteiger partial charge in [0.05, 0.1) is 12.6 Å². The highest BCUT2D eigenvalue weighted by atomic mass is 16.3. The second kappa shape index (κ2) is 5.88. The fourth-order valence-corrected chi connectivity index (χ4v) is 3.46. The Morgan fingerprint density at radius 3 is 2.80 bits per heavy atom. The molecule has 2 aromatic heterocycles. The van der Waals surface area contributed by atoms with Crippen LogP contribution in [0.4, 0.5) is 0 Å². The molecule has 0 N–H and O–H groups in total. The van der Waals surface area contributed by atoms with Gasteiger partial charge in [0.1, 0.15) is 17.3 Å². The first-order valence-electron chi connectivity index (χ1n) is 8.39. The third-order valence-corrected chi connectivity index (χ3v) is 4.62. The van der Waals surface area contributed by atoms with Gasteiger partial charge in [0.25, 0.3) is 5.91 Å². The molecule has 0 radical (unpaired) electrons. The minimum atomic E-state index is 0.00359. The van der Waals surface area contributed by atoms with Gasteiger partial charge in [-0.2, -0.15) is 0 Å². The molecule has 1 aliphatic rings. The Morgan fingerprint density at radius 2 is 2.04 bits per heavy atom. The topological polar surface area (TPSA) is 64.2 Å². The summed E-state index contributed by atoms with van der Waals surface area (Å²) in [6.45, 7) is 7.06. The molecule has 1 aromatic carbocycles. The van der Waals surface area contributed by atoms with E-state index in [4.69, 9.17) is 4.42 Å². The van der Waals surface area contributed by atoms with E-state index in [-0.39, 0.29) is 11.9 Å². The van der Waals surface area contributed by atoms with E-state index < -0.39 is 0 Å². The minimum absolute atomic E-state index is 0.00359. The van der Waals surface area contributed by atoms with Gasteiger partial charge >= 0.3 is 0 Å². The number of amides is 1. The molecule has 4 rings (SSSR count). The average Bonchev–Trinajstić information content (AvgIpc) is 3.20. The number of benzene rings is 1. The number of fused-ring (bicyclic) bond motifs is 1. The lowest BCUT2D eigenvalue weighted by molar-refractivity contribution is 0.0680. The molecule has 1 atom stereocenters. The van der Waals surface area contributed by atoms with Crippen LogP contribution in [0.3, 0.4) is 0 Å². The zero-order chi connectivity index (χ0) is 17.6. The molecule has 6 nitrogen and oxygen atoms in total. The third-order valence-electron chi connectivity index (χ3n) is 4.62. The molecule has 3 heterocycles. The molecule has 25 heavy (non-hydrogen) atoms. The van der Waals surface area contributed by atoms with Crippen LogP contribution in [0.2, 0.25) is 0 Å². The number of aryl methyl sites for hydroxylation is 2.